The summed E-state index contributed by atoms with van der Waals surface area (Å²) in [7, 11) is 0. The molecule has 5 atom stereocenters. The predicted octanol–water partition coefficient (Wildman–Crippen LogP) is -1.92. The van der Waals surface area contributed by atoms with Gasteiger partial charge in [-0.15, -0.1) is 0 Å². The van der Waals surface area contributed by atoms with Crippen molar-refractivity contribution in [1.82, 2.24) is 31.5 Å². The highest BCUT2D eigenvalue weighted by atomic mass is 16.4. The highest BCUT2D eigenvalue weighted by Gasteiger charge is 2.39. The van der Waals surface area contributed by atoms with Crippen LogP contribution in [0.4, 0.5) is 0 Å². The fourth-order valence-electron chi connectivity index (χ4n) is 4.28. The fourth-order valence-corrected chi connectivity index (χ4v) is 4.28. The Morgan fingerprint density at radius 3 is 2.28 bits per heavy atom. The molecule has 0 radical (unpaired) electrons. The number of hydrogen-bond acceptors (Lipinski definition) is 7. The van der Waals surface area contributed by atoms with Gasteiger partial charge in [0.2, 0.25) is 29.5 Å². The highest BCUT2D eigenvalue weighted by Crippen LogP contribution is 2.21. The first kappa shape index (κ1) is 29.0. The first-order valence-corrected chi connectivity index (χ1v) is 12.5. The third kappa shape index (κ3) is 8.18. The summed E-state index contributed by atoms with van der Waals surface area (Å²) in [5.41, 5.74) is 0. The molecule has 0 aromatic rings. The van der Waals surface area contributed by atoms with Gasteiger partial charge in [-0.1, -0.05) is 20.3 Å². The monoisotopic (exact) mass is 510 g/mol. The molecular weight excluding hydrogens is 472 g/mol. The molecule has 2 rings (SSSR count). The van der Waals surface area contributed by atoms with Gasteiger partial charge < -0.3 is 36.6 Å². The van der Waals surface area contributed by atoms with Crippen LogP contribution < -0.4 is 26.6 Å². The number of rotatable bonds is 12. The zero-order valence-electron chi connectivity index (χ0n) is 21.1. The van der Waals surface area contributed by atoms with Crippen molar-refractivity contribution >= 4 is 35.5 Å². The molecular formula is C23H38N6O7. The third-order valence-corrected chi connectivity index (χ3v) is 6.60. The number of likely N-dealkylation sites (tertiary alicyclic amines) is 1. The van der Waals surface area contributed by atoms with E-state index in [2.05, 4.69) is 26.6 Å². The number of nitrogens with zero attached hydrogens (tertiary/aromatic N) is 1. The Labute approximate surface area is 210 Å². The van der Waals surface area contributed by atoms with E-state index in [0.29, 0.717) is 32.2 Å². The third-order valence-electron chi connectivity index (χ3n) is 6.60. The van der Waals surface area contributed by atoms with Crippen LogP contribution in [0.2, 0.25) is 0 Å². The Balaban J connectivity index is 1.94. The van der Waals surface area contributed by atoms with Gasteiger partial charge >= 0.3 is 5.97 Å². The number of aliphatic carboxylic acids is 1. The predicted molar refractivity (Wildman–Crippen MR) is 128 cm³/mol. The van der Waals surface area contributed by atoms with E-state index < -0.39 is 54.3 Å². The van der Waals surface area contributed by atoms with Crippen molar-refractivity contribution in [2.75, 3.05) is 26.2 Å². The van der Waals surface area contributed by atoms with Crippen molar-refractivity contribution in [1.29, 1.82) is 0 Å². The molecule has 2 saturated heterocycles. The Morgan fingerprint density at radius 2 is 1.67 bits per heavy atom. The molecule has 5 amide bonds. The van der Waals surface area contributed by atoms with Crippen LogP contribution in [-0.4, -0.2) is 95.9 Å². The number of amides is 5. The van der Waals surface area contributed by atoms with Crippen LogP contribution in [-0.2, 0) is 28.8 Å². The van der Waals surface area contributed by atoms with Crippen molar-refractivity contribution in [2.24, 2.45) is 5.92 Å². The number of carboxylic acid groups (broad SMARTS) is 1. The SMILES string of the molecule is CC[C@H](C)[C@H](NC(=O)[C@H](C)NC(=O)CNC(=O)[C@@H]1CCCN1)C(=O)N1CCC[C@H]1C(=O)NCC(=O)O. The molecule has 0 aromatic carbocycles. The first-order valence-electron chi connectivity index (χ1n) is 12.5. The summed E-state index contributed by atoms with van der Waals surface area (Å²) in [4.78, 5) is 75.0. The first-order chi connectivity index (χ1) is 17.0. The second kappa shape index (κ2) is 13.8. The van der Waals surface area contributed by atoms with Crippen LogP contribution in [0, 0.1) is 5.92 Å². The van der Waals surface area contributed by atoms with Gasteiger partial charge in [0.25, 0.3) is 0 Å². The van der Waals surface area contributed by atoms with E-state index in [-0.39, 0.29) is 24.4 Å². The number of nitrogens with one attached hydrogen (secondary N) is 5. The van der Waals surface area contributed by atoms with E-state index in [1.54, 1.807) is 6.92 Å². The average molecular weight is 511 g/mol. The van der Waals surface area contributed by atoms with Gasteiger partial charge in [0.05, 0.1) is 12.6 Å². The van der Waals surface area contributed by atoms with E-state index in [1.807, 2.05) is 6.92 Å². The molecule has 0 unspecified atom stereocenters. The summed E-state index contributed by atoms with van der Waals surface area (Å²) in [5, 5.41) is 21.9. The topological polar surface area (TPSA) is 186 Å². The molecule has 6 N–H and O–H groups in total. The van der Waals surface area contributed by atoms with Gasteiger partial charge in [-0.3, -0.25) is 28.8 Å². The second-order valence-electron chi connectivity index (χ2n) is 9.33. The van der Waals surface area contributed by atoms with Crippen molar-refractivity contribution in [2.45, 2.75) is 77.0 Å². The van der Waals surface area contributed by atoms with E-state index in [9.17, 15) is 28.8 Å². The Kier molecular flexibility index (Phi) is 11.1. The molecule has 0 saturated carbocycles. The molecule has 0 aromatic heterocycles. The number of carboxylic acids is 1. The van der Waals surface area contributed by atoms with Crippen LogP contribution in [0.1, 0.15) is 52.9 Å². The second-order valence-corrected chi connectivity index (χ2v) is 9.33. The molecule has 13 heteroatoms. The normalized spacial score (nSPS) is 21.7. The van der Waals surface area contributed by atoms with Crippen LogP contribution >= 0.6 is 0 Å². The van der Waals surface area contributed by atoms with Crippen LogP contribution in [0.5, 0.6) is 0 Å². The maximum absolute atomic E-state index is 13.4. The average Bonchev–Trinajstić information content (AvgIpc) is 3.55. The van der Waals surface area contributed by atoms with E-state index >= 15 is 0 Å². The van der Waals surface area contributed by atoms with Crippen LogP contribution in [0.15, 0.2) is 0 Å². The van der Waals surface area contributed by atoms with Crippen LogP contribution in [0.25, 0.3) is 0 Å². The molecule has 13 nitrogen and oxygen atoms in total. The summed E-state index contributed by atoms with van der Waals surface area (Å²) in [6.07, 6.45) is 3.14. The van der Waals surface area contributed by atoms with Gasteiger partial charge in [-0.2, -0.15) is 0 Å². The van der Waals surface area contributed by atoms with Crippen LogP contribution in [0.3, 0.4) is 0 Å². The molecule has 36 heavy (non-hydrogen) atoms. The standard InChI is InChI=1S/C23H38N6O7/c1-4-13(2)19(23(36)29-10-6-8-16(29)22(35)26-12-18(31)32)28-20(33)14(3)27-17(30)11-25-21(34)15-7-5-9-24-15/h13-16,19,24H,4-12H2,1-3H3,(H,25,34)(H,26,35)(H,27,30)(H,28,33)(H,31,32)/t13-,14-,15-,16-,19-/m0/s1. The quantitative estimate of drug-likeness (QED) is 0.175. The van der Waals surface area contributed by atoms with Gasteiger partial charge in [0.1, 0.15) is 24.7 Å². The van der Waals surface area contributed by atoms with E-state index in [1.165, 1.54) is 11.8 Å². The lowest BCUT2D eigenvalue weighted by atomic mass is 9.97. The van der Waals surface area contributed by atoms with Crippen molar-refractivity contribution < 1.29 is 33.9 Å². The van der Waals surface area contributed by atoms with E-state index in [4.69, 9.17) is 5.11 Å². The zero-order valence-corrected chi connectivity index (χ0v) is 21.1. The zero-order chi connectivity index (χ0) is 26.8. The molecule has 0 spiro atoms. The minimum Gasteiger partial charge on any atom is -0.480 e. The van der Waals surface area contributed by atoms with Crippen molar-refractivity contribution in [3.8, 4) is 0 Å². The van der Waals surface area contributed by atoms with Crippen molar-refractivity contribution in [3.05, 3.63) is 0 Å². The molecule has 0 bridgehead atoms. The summed E-state index contributed by atoms with van der Waals surface area (Å²) >= 11 is 0. The molecule has 202 valence electrons. The number of hydrogen-bond donors (Lipinski definition) is 6. The Morgan fingerprint density at radius 1 is 0.972 bits per heavy atom. The van der Waals surface area contributed by atoms with Gasteiger partial charge in [-0.05, 0) is 45.1 Å². The lowest BCUT2D eigenvalue weighted by Crippen LogP contribution is -2.58. The van der Waals surface area contributed by atoms with Crippen molar-refractivity contribution in [3.63, 3.8) is 0 Å². The highest BCUT2D eigenvalue weighted by molar-refractivity contribution is 5.95. The molecule has 0 aliphatic carbocycles. The molecule has 2 fully saturated rings. The molecule has 2 heterocycles. The van der Waals surface area contributed by atoms with E-state index in [0.717, 1.165) is 13.0 Å². The summed E-state index contributed by atoms with van der Waals surface area (Å²) in [6.45, 7) is 5.39. The summed E-state index contributed by atoms with van der Waals surface area (Å²) in [5.74, 6) is -3.80. The molecule has 2 aliphatic rings. The number of carbonyl (C=O) groups is 6. The Bertz CT molecular complexity index is 845. The van der Waals surface area contributed by atoms with Gasteiger partial charge in [0, 0.05) is 6.54 Å². The van der Waals surface area contributed by atoms with Gasteiger partial charge in [-0.25, -0.2) is 0 Å². The lowest BCUT2D eigenvalue weighted by Gasteiger charge is -2.32. The minimum absolute atomic E-state index is 0.258. The lowest BCUT2D eigenvalue weighted by molar-refractivity contribution is -0.143. The minimum atomic E-state index is -1.19. The smallest absolute Gasteiger partial charge is 0.322 e. The summed E-state index contributed by atoms with van der Waals surface area (Å²) in [6, 6.07) is -3.02. The number of carbonyl (C=O) groups excluding carboxylic acids is 5. The fraction of sp³-hybridized carbons (Fsp3) is 0.739. The van der Waals surface area contributed by atoms with Gasteiger partial charge in [0.15, 0.2) is 0 Å². The molecule has 2 aliphatic heterocycles. The maximum Gasteiger partial charge on any atom is 0.322 e. The summed E-state index contributed by atoms with van der Waals surface area (Å²) < 4.78 is 0. The maximum atomic E-state index is 13.4. The Hall–Kier alpha value is -3.22. The largest absolute Gasteiger partial charge is 0.480 e.